The van der Waals surface area contributed by atoms with Crippen LogP contribution >= 0.6 is 0 Å². The van der Waals surface area contributed by atoms with E-state index in [1.54, 1.807) is 0 Å². The number of rotatable bonds is 1. The van der Waals surface area contributed by atoms with Crippen LogP contribution in [0.15, 0.2) is 12.2 Å². The SMILES string of the molecule is C=C1CC[C@@]2(C)C[C@@H]1[C@]1(CO)CCC[C@]21C. The zero-order valence-corrected chi connectivity index (χ0v) is 10.7. The first kappa shape index (κ1) is 10.8. The lowest BCUT2D eigenvalue weighted by atomic mass is 9.59. The maximum Gasteiger partial charge on any atom is 0.0498 e. The van der Waals surface area contributed by atoms with Crippen LogP contribution in [0.1, 0.15) is 52.4 Å². The van der Waals surface area contributed by atoms with Crippen molar-refractivity contribution in [2.45, 2.75) is 52.4 Å². The van der Waals surface area contributed by atoms with E-state index in [4.69, 9.17) is 0 Å². The smallest absolute Gasteiger partial charge is 0.0498 e. The van der Waals surface area contributed by atoms with E-state index in [1.807, 2.05) is 0 Å². The highest BCUT2D eigenvalue weighted by Gasteiger charge is 2.70. The van der Waals surface area contributed by atoms with E-state index in [1.165, 1.54) is 44.1 Å². The van der Waals surface area contributed by atoms with Crippen molar-refractivity contribution in [3.05, 3.63) is 12.2 Å². The molecule has 3 saturated carbocycles. The Labute approximate surface area is 98.9 Å². The fourth-order valence-electron chi connectivity index (χ4n) is 5.50. The van der Waals surface area contributed by atoms with Gasteiger partial charge in [0.2, 0.25) is 0 Å². The van der Waals surface area contributed by atoms with Crippen LogP contribution in [0.4, 0.5) is 0 Å². The minimum atomic E-state index is 0.176. The van der Waals surface area contributed by atoms with Crippen LogP contribution < -0.4 is 0 Å². The molecule has 3 aliphatic carbocycles. The molecule has 3 rings (SSSR count). The molecular formula is C15H24O. The van der Waals surface area contributed by atoms with Crippen LogP contribution in [0.2, 0.25) is 0 Å². The largest absolute Gasteiger partial charge is 0.396 e. The van der Waals surface area contributed by atoms with E-state index < -0.39 is 0 Å². The van der Waals surface area contributed by atoms with Gasteiger partial charge >= 0.3 is 0 Å². The summed E-state index contributed by atoms with van der Waals surface area (Å²) in [5.74, 6) is 0.601. The lowest BCUT2D eigenvalue weighted by Gasteiger charge is -2.46. The standard InChI is InChI=1S/C15H24O/c1-11-5-8-13(2)9-12(11)15(10-16)7-4-6-14(13,15)3/h12,16H,1,4-10H2,2-3H3/t12-,13-,14+,15+/m0/s1. The Kier molecular flexibility index (Phi) is 1.98. The average molecular weight is 220 g/mol. The second-order valence-electron chi connectivity index (χ2n) is 6.98. The molecule has 0 aromatic carbocycles. The van der Waals surface area contributed by atoms with Gasteiger partial charge in [0.15, 0.2) is 0 Å². The second kappa shape index (κ2) is 2.93. The van der Waals surface area contributed by atoms with Crippen molar-refractivity contribution in [1.82, 2.24) is 0 Å². The molecule has 0 aliphatic heterocycles. The second-order valence-corrected chi connectivity index (χ2v) is 6.98. The predicted octanol–water partition coefficient (Wildman–Crippen LogP) is 3.53. The first-order valence-corrected chi connectivity index (χ1v) is 6.78. The molecular weight excluding hydrogens is 196 g/mol. The molecule has 0 radical (unpaired) electrons. The van der Waals surface area contributed by atoms with Gasteiger partial charge in [-0.15, -0.1) is 0 Å². The van der Waals surface area contributed by atoms with Crippen LogP contribution in [0.5, 0.6) is 0 Å². The minimum absolute atomic E-state index is 0.176. The van der Waals surface area contributed by atoms with Crippen LogP contribution in [0, 0.1) is 22.2 Å². The zero-order chi connectivity index (χ0) is 11.6. The Bertz CT molecular complexity index is 347. The van der Waals surface area contributed by atoms with E-state index in [9.17, 15) is 5.11 Å². The molecule has 1 heteroatoms. The van der Waals surface area contributed by atoms with E-state index in [0.29, 0.717) is 23.4 Å². The van der Waals surface area contributed by atoms with Crippen molar-refractivity contribution in [3.63, 3.8) is 0 Å². The molecule has 0 aromatic heterocycles. The molecule has 0 heterocycles. The maximum atomic E-state index is 10.0. The highest BCUT2D eigenvalue weighted by Crippen LogP contribution is 2.76. The third-order valence-electron chi connectivity index (χ3n) is 6.83. The van der Waals surface area contributed by atoms with Crippen molar-refractivity contribution in [3.8, 4) is 0 Å². The number of hydrogen-bond acceptors (Lipinski definition) is 1. The molecule has 2 bridgehead atoms. The van der Waals surface area contributed by atoms with Crippen LogP contribution in [0.25, 0.3) is 0 Å². The Morgan fingerprint density at radius 3 is 2.75 bits per heavy atom. The monoisotopic (exact) mass is 220 g/mol. The number of fused-ring (bicyclic) bond motifs is 5. The van der Waals surface area contributed by atoms with Gasteiger partial charge in [0.05, 0.1) is 0 Å². The maximum absolute atomic E-state index is 10.0. The predicted molar refractivity (Wildman–Crippen MR) is 66.1 cm³/mol. The quantitative estimate of drug-likeness (QED) is 0.670. The summed E-state index contributed by atoms with van der Waals surface area (Å²) in [7, 11) is 0. The van der Waals surface area contributed by atoms with E-state index in [2.05, 4.69) is 20.4 Å². The van der Waals surface area contributed by atoms with E-state index in [-0.39, 0.29) is 5.41 Å². The Morgan fingerprint density at radius 1 is 1.31 bits per heavy atom. The highest BCUT2D eigenvalue weighted by atomic mass is 16.3. The normalized spacial score (nSPS) is 55.4. The van der Waals surface area contributed by atoms with Crippen LogP contribution in [-0.2, 0) is 0 Å². The molecule has 1 N–H and O–H groups in total. The first-order valence-electron chi connectivity index (χ1n) is 6.78. The van der Waals surface area contributed by atoms with Gasteiger partial charge in [0.25, 0.3) is 0 Å². The molecule has 0 saturated heterocycles. The van der Waals surface area contributed by atoms with Crippen molar-refractivity contribution >= 4 is 0 Å². The minimum Gasteiger partial charge on any atom is -0.396 e. The summed E-state index contributed by atoms with van der Waals surface area (Å²) in [6.07, 6.45) is 7.60. The number of aliphatic hydroxyl groups is 1. The van der Waals surface area contributed by atoms with Gasteiger partial charge in [0.1, 0.15) is 0 Å². The zero-order valence-electron chi connectivity index (χ0n) is 10.7. The molecule has 1 nitrogen and oxygen atoms in total. The fraction of sp³-hybridized carbons (Fsp3) is 0.867. The van der Waals surface area contributed by atoms with Gasteiger partial charge in [-0.3, -0.25) is 0 Å². The van der Waals surface area contributed by atoms with E-state index >= 15 is 0 Å². The van der Waals surface area contributed by atoms with E-state index in [0.717, 1.165) is 0 Å². The van der Waals surface area contributed by atoms with Gasteiger partial charge in [-0.05, 0) is 48.9 Å². The molecule has 3 fully saturated rings. The lowest BCUT2D eigenvalue weighted by molar-refractivity contribution is -0.0199. The molecule has 90 valence electrons. The van der Waals surface area contributed by atoms with Crippen molar-refractivity contribution in [2.75, 3.05) is 6.61 Å². The van der Waals surface area contributed by atoms with Gasteiger partial charge in [-0.2, -0.15) is 0 Å². The molecule has 4 atom stereocenters. The number of hydrogen-bond donors (Lipinski definition) is 1. The molecule has 0 spiro atoms. The lowest BCUT2D eigenvalue weighted by Crippen LogP contribution is -2.43. The molecule has 0 unspecified atom stereocenters. The van der Waals surface area contributed by atoms with Crippen molar-refractivity contribution in [2.24, 2.45) is 22.2 Å². The molecule has 3 aliphatic rings. The van der Waals surface area contributed by atoms with Crippen LogP contribution in [-0.4, -0.2) is 11.7 Å². The summed E-state index contributed by atoms with van der Waals surface area (Å²) in [6.45, 7) is 9.60. The summed E-state index contributed by atoms with van der Waals surface area (Å²) >= 11 is 0. The first-order chi connectivity index (χ1) is 7.49. The van der Waals surface area contributed by atoms with Gasteiger partial charge < -0.3 is 5.11 Å². The van der Waals surface area contributed by atoms with Crippen LogP contribution in [0.3, 0.4) is 0 Å². The topological polar surface area (TPSA) is 20.2 Å². The average Bonchev–Trinajstić information content (AvgIpc) is 2.67. The number of allylic oxidation sites excluding steroid dienone is 1. The Morgan fingerprint density at radius 2 is 2.06 bits per heavy atom. The van der Waals surface area contributed by atoms with Crippen molar-refractivity contribution < 1.29 is 5.11 Å². The van der Waals surface area contributed by atoms with Crippen molar-refractivity contribution in [1.29, 1.82) is 0 Å². The summed E-state index contributed by atoms with van der Waals surface area (Å²) in [6, 6.07) is 0. The van der Waals surface area contributed by atoms with Gasteiger partial charge in [0, 0.05) is 12.0 Å². The molecule has 0 amide bonds. The summed E-state index contributed by atoms with van der Waals surface area (Å²) in [4.78, 5) is 0. The Hall–Kier alpha value is -0.300. The third-order valence-corrected chi connectivity index (χ3v) is 6.83. The van der Waals surface area contributed by atoms with Gasteiger partial charge in [-0.25, -0.2) is 0 Å². The molecule has 0 aromatic rings. The summed E-state index contributed by atoms with van der Waals surface area (Å²) in [5, 5.41) is 10.0. The third kappa shape index (κ3) is 0.895. The molecule has 16 heavy (non-hydrogen) atoms. The Balaban J connectivity index is 2.17. The van der Waals surface area contributed by atoms with Gasteiger partial charge in [-0.1, -0.05) is 32.4 Å². The summed E-state index contributed by atoms with van der Waals surface area (Å²) < 4.78 is 0. The summed E-state index contributed by atoms with van der Waals surface area (Å²) in [5.41, 5.74) is 2.42. The number of aliphatic hydroxyl groups excluding tert-OH is 1. The fourth-order valence-corrected chi connectivity index (χ4v) is 5.50. The highest BCUT2D eigenvalue weighted by molar-refractivity contribution is 5.27.